The maximum absolute atomic E-state index is 4.83. The smallest absolute Gasteiger partial charge is 0.227 e. The molecule has 6 rings (SSSR count). The van der Waals surface area contributed by atoms with Crippen molar-refractivity contribution in [2.75, 3.05) is 5.32 Å². The maximum Gasteiger partial charge on any atom is 0.227 e. The van der Waals surface area contributed by atoms with Gasteiger partial charge in [-0.1, -0.05) is 36.4 Å². The quantitative estimate of drug-likeness (QED) is 0.397. The average molecular weight is 445 g/mol. The van der Waals surface area contributed by atoms with E-state index in [-0.39, 0.29) is 0 Å². The molecule has 0 saturated heterocycles. The molecule has 3 heterocycles. The molecule has 0 saturated carbocycles. The molecule has 8 nitrogen and oxygen atoms in total. The normalized spacial score (nSPS) is 11.1. The third kappa shape index (κ3) is 3.77. The summed E-state index contributed by atoms with van der Waals surface area (Å²) in [4.78, 5) is 13.5. The first-order valence-electron chi connectivity index (χ1n) is 10.8. The first-order chi connectivity index (χ1) is 16.7. The summed E-state index contributed by atoms with van der Waals surface area (Å²) in [5.74, 6) is 1.26. The van der Waals surface area contributed by atoms with Gasteiger partial charge >= 0.3 is 0 Å². The molecule has 164 valence electrons. The van der Waals surface area contributed by atoms with Crippen molar-refractivity contribution in [1.82, 2.24) is 34.5 Å². The molecule has 3 aromatic carbocycles. The number of hydrogen-bond acceptors (Lipinski definition) is 6. The second-order valence-corrected chi connectivity index (χ2v) is 7.85. The van der Waals surface area contributed by atoms with Gasteiger partial charge in [0.15, 0.2) is 0 Å². The van der Waals surface area contributed by atoms with Gasteiger partial charge in [-0.05, 0) is 43.3 Å². The van der Waals surface area contributed by atoms with Crippen molar-refractivity contribution in [2.24, 2.45) is 0 Å². The van der Waals surface area contributed by atoms with Crippen LogP contribution < -0.4 is 5.32 Å². The number of nitrogens with zero attached hydrogens (tertiary/aromatic N) is 7. The Morgan fingerprint density at radius 2 is 1.59 bits per heavy atom. The summed E-state index contributed by atoms with van der Waals surface area (Å²) in [6.45, 7) is 1.87. The molecular weight excluding hydrogens is 424 g/mol. The van der Waals surface area contributed by atoms with Gasteiger partial charge in [0.05, 0.1) is 23.1 Å². The molecule has 0 aliphatic rings. The van der Waals surface area contributed by atoms with Gasteiger partial charge in [-0.25, -0.2) is 24.3 Å². The lowest BCUT2D eigenvalue weighted by Gasteiger charge is -2.09. The van der Waals surface area contributed by atoms with Crippen LogP contribution in [0.5, 0.6) is 0 Å². The first-order valence-corrected chi connectivity index (χ1v) is 10.8. The number of nitrogens with one attached hydrogen (secondary N) is 1. The van der Waals surface area contributed by atoms with E-state index in [1.807, 2.05) is 96.9 Å². The largest absolute Gasteiger partial charge is 0.324 e. The molecule has 0 radical (unpaired) electrons. The van der Waals surface area contributed by atoms with Crippen LogP contribution in [0, 0.1) is 6.92 Å². The fourth-order valence-electron chi connectivity index (χ4n) is 3.83. The van der Waals surface area contributed by atoms with Gasteiger partial charge in [0.25, 0.3) is 0 Å². The predicted molar refractivity (Wildman–Crippen MR) is 131 cm³/mol. The SMILES string of the molecule is Cc1ncn(-c2ccc(Nc3ncc4cccc(-c5cnn(-c6ccccc6)c5)c4n3)cc2)n1. The summed E-state index contributed by atoms with van der Waals surface area (Å²) in [5, 5.41) is 13.1. The van der Waals surface area contributed by atoms with E-state index < -0.39 is 0 Å². The van der Waals surface area contributed by atoms with Gasteiger partial charge in [0.2, 0.25) is 5.95 Å². The zero-order valence-corrected chi connectivity index (χ0v) is 18.4. The predicted octanol–water partition coefficient (Wildman–Crippen LogP) is 5.12. The van der Waals surface area contributed by atoms with Gasteiger partial charge in [-0.15, -0.1) is 0 Å². The highest BCUT2D eigenvalue weighted by atomic mass is 15.3. The van der Waals surface area contributed by atoms with Crippen molar-refractivity contribution in [2.45, 2.75) is 6.92 Å². The van der Waals surface area contributed by atoms with E-state index in [2.05, 4.69) is 31.5 Å². The van der Waals surface area contributed by atoms with Crippen molar-refractivity contribution in [1.29, 1.82) is 0 Å². The summed E-state index contributed by atoms with van der Waals surface area (Å²) in [5.41, 5.74) is 5.68. The number of para-hydroxylation sites is 2. The molecule has 1 N–H and O–H groups in total. The van der Waals surface area contributed by atoms with Crippen molar-refractivity contribution >= 4 is 22.5 Å². The molecule has 8 heteroatoms. The molecular formula is C26H20N8. The second-order valence-electron chi connectivity index (χ2n) is 7.85. The molecule has 0 atom stereocenters. The van der Waals surface area contributed by atoms with Crippen molar-refractivity contribution in [3.05, 3.63) is 104 Å². The van der Waals surface area contributed by atoms with Crippen LogP contribution in [0.25, 0.3) is 33.4 Å². The molecule has 0 bridgehead atoms. The lowest BCUT2D eigenvalue weighted by molar-refractivity contribution is 0.863. The van der Waals surface area contributed by atoms with E-state index in [9.17, 15) is 0 Å². The summed E-state index contributed by atoms with van der Waals surface area (Å²) < 4.78 is 3.61. The number of hydrogen-bond donors (Lipinski definition) is 1. The number of rotatable bonds is 5. The van der Waals surface area contributed by atoms with Gasteiger partial charge < -0.3 is 5.32 Å². The molecule has 34 heavy (non-hydrogen) atoms. The Morgan fingerprint density at radius 3 is 2.38 bits per heavy atom. The Balaban J connectivity index is 1.31. The molecule has 0 fully saturated rings. The van der Waals surface area contributed by atoms with Crippen LogP contribution >= 0.6 is 0 Å². The fourth-order valence-corrected chi connectivity index (χ4v) is 3.83. The molecule has 0 aliphatic carbocycles. The van der Waals surface area contributed by atoms with E-state index in [0.29, 0.717) is 5.95 Å². The summed E-state index contributed by atoms with van der Waals surface area (Å²) >= 11 is 0. The average Bonchev–Trinajstić information content (AvgIpc) is 3.54. The van der Waals surface area contributed by atoms with E-state index in [0.717, 1.165) is 44.9 Å². The highest BCUT2D eigenvalue weighted by Gasteiger charge is 2.10. The maximum atomic E-state index is 4.83. The molecule has 0 spiro atoms. The number of aromatic nitrogens is 7. The molecule has 0 unspecified atom stereocenters. The van der Waals surface area contributed by atoms with Gasteiger partial charge in [0, 0.05) is 34.6 Å². The van der Waals surface area contributed by atoms with Crippen LogP contribution in [0.3, 0.4) is 0 Å². The molecule has 3 aromatic heterocycles. The minimum atomic E-state index is 0.528. The highest BCUT2D eigenvalue weighted by molar-refractivity contribution is 5.93. The van der Waals surface area contributed by atoms with E-state index in [1.165, 1.54) is 0 Å². The third-order valence-electron chi connectivity index (χ3n) is 5.52. The van der Waals surface area contributed by atoms with Gasteiger partial charge in [0.1, 0.15) is 12.2 Å². The summed E-state index contributed by atoms with van der Waals surface area (Å²) in [6, 6.07) is 24.0. The third-order valence-corrected chi connectivity index (χ3v) is 5.52. The number of fused-ring (bicyclic) bond motifs is 1. The van der Waals surface area contributed by atoms with Crippen LogP contribution in [0.1, 0.15) is 5.82 Å². The monoisotopic (exact) mass is 444 g/mol. The Labute approximate surface area is 195 Å². The highest BCUT2D eigenvalue weighted by Crippen LogP contribution is 2.28. The van der Waals surface area contributed by atoms with E-state index in [4.69, 9.17) is 4.98 Å². The topological polar surface area (TPSA) is 86.3 Å². The van der Waals surface area contributed by atoms with Crippen LogP contribution in [-0.4, -0.2) is 34.5 Å². The van der Waals surface area contributed by atoms with Crippen LogP contribution in [-0.2, 0) is 0 Å². The number of anilines is 2. The minimum absolute atomic E-state index is 0.528. The molecule has 0 aliphatic heterocycles. The van der Waals surface area contributed by atoms with Crippen LogP contribution in [0.2, 0.25) is 0 Å². The Bertz CT molecular complexity index is 1580. The van der Waals surface area contributed by atoms with Crippen molar-refractivity contribution in [3.8, 4) is 22.5 Å². The molecule has 0 amide bonds. The van der Waals surface area contributed by atoms with E-state index >= 15 is 0 Å². The lowest BCUT2D eigenvalue weighted by atomic mass is 10.1. The zero-order valence-electron chi connectivity index (χ0n) is 18.4. The fraction of sp³-hybridized carbons (Fsp3) is 0.0385. The standard InChI is InChI=1S/C26H20N8/c1-18-28-17-34(32-18)23-12-10-21(11-13-23)30-26-27-14-19-6-5-9-24(25(19)31-26)20-15-29-33(16-20)22-7-3-2-4-8-22/h2-17H,1H3,(H,27,30,31). The Hall–Kier alpha value is -4.85. The van der Waals surface area contributed by atoms with E-state index in [1.54, 1.807) is 11.0 Å². The van der Waals surface area contributed by atoms with Gasteiger partial charge in [-0.2, -0.15) is 10.2 Å². The Morgan fingerprint density at radius 1 is 0.765 bits per heavy atom. The summed E-state index contributed by atoms with van der Waals surface area (Å²) in [6.07, 6.45) is 7.42. The lowest BCUT2D eigenvalue weighted by Crippen LogP contribution is -1.99. The van der Waals surface area contributed by atoms with Crippen molar-refractivity contribution in [3.63, 3.8) is 0 Å². The number of aryl methyl sites for hydroxylation is 1. The van der Waals surface area contributed by atoms with Crippen molar-refractivity contribution < 1.29 is 0 Å². The van der Waals surface area contributed by atoms with Crippen LogP contribution in [0.4, 0.5) is 11.6 Å². The van der Waals surface area contributed by atoms with Crippen LogP contribution in [0.15, 0.2) is 97.7 Å². The number of benzene rings is 3. The zero-order chi connectivity index (χ0) is 22.9. The summed E-state index contributed by atoms with van der Waals surface area (Å²) in [7, 11) is 0. The first kappa shape index (κ1) is 19.8. The minimum Gasteiger partial charge on any atom is -0.324 e. The van der Waals surface area contributed by atoms with Gasteiger partial charge in [-0.3, -0.25) is 0 Å². The second kappa shape index (κ2) is 8.25. The Kier molecular flexibility index (Phi) is 4.81. The molecule has 6 aromatic rings.